The third-order valence-electron chi connectivity index (χ3n) is 4.29. The van der Waals surface area contributed by atoms with Gasteiger partial charge in [0.1, 0.15) is 5.82 Å². The summed E-state index contributed by atoms with van der Waals surface area (Å²) >= 11 is 0. The summed E-state index contributed by atoms with van der Waals surface area (Å²) in [6, 6.07) is 6.06. The highest BCUT2D eigenvalue weighted by molar-refractivity contribution is 7.89. The lowest BCUT2D eigenvalue weighted by atomic mass is 10.1. The lowest BCUT2D eigenvalue weighted by molar-refractivity contribution is -0.137. The van der Waals surface area contributed by atoms with E-state index in [1.54, 1.807) is 17.8 Å². The first-order valence-corrected chi connectivity index (χ1v) is 10.9. The minimum Gasteiger partial charge on any atom is -0.340 e. The van der Waals surface area contributed by atoms with Crippen molar-refractivity contribution in [3.05, 3.63) is 54.6 Å². The van der Waals surface area contributed by atoms with Crippen molar-refractivity contribution in [2.75, 3.05) is 18.7 Å². The van der Waals surface area contributed by atoms with Crippen LogP contribution < -0.4 is 5.32 Å². The van der Waals surface area contributed by atoms with Crippen LogP contribution in [0.25, 0.3) is 11.3 Å². The number of aryl methyl sites for hydroxylation is 1. The third-order valence-corrected chi connectivity index (χ3v) is 6.92. The van der Waals surface area contributed by atoms with Gasteiger partial charge in [-0.2, -0.15) is 17.5 Å². The molecule has 0 radical (unpaired) electrons. The normalized spacial score (nSPS) is 12.4. The maximum atomic E-state index is 13.0. The standard InChI is InChI=1S/C18H19F3N5O2PS/c1-25-9-16(23-10-25)14-8-13(30(27,28)26(2)11-29)3-4-15(14)24-17-7-12(5-6-22-17)18(19,20)21/h3-10H,11,29H2,1-2H3,(H,22,24). The number of hydrogen-bond acceptors (Lipinski definition) is 5. The molecule has 7 nitrogen and oxygen atoms in total. The predicted octanol–water partition coefficient (Wildman–Crippen LogP) is 3.70. The number of sulfonamides is 1. The number of aromatic nitrogens is 3. The Morgan fingerprint density at radius 1 is 1.20 bits per heavy atom. The van der Waals surface area contributed by atoms with Crippen LogP contribution >= 0.6 is 9.24 Å². The van der Waals surface area contributed by atoms with Crippen LogP contribution in [0.1, 0.15) is 5.56 Å². The van der Waals surface area contributed by atoms with Crippen molar-refractivity contribution in [1.82, 2.24) is 18.8 Å². The van der Waals surface area contributed by atoms with E-state index in [4.69, 9.17) is 0 Å². The van der Waals surface area contributed by atoms with Gasteiger partial charge in [-0.05, 0) is 30.3 Å². The Bertz CT molecular complexity index is 1160. The molecule has 160 valence electrons. The topological polar surface area (TPSA) is 80.1 Å². The molecule has 2 heterocycles. The maximum absolute atomic E-state index is 13.0. The molecule has 0 amide bonds. The monoisotopic (exact) mass is 457 g/mol. The van der Waals surface area contributed by atoms with Gasteiger partial charge in [0.2, 0.25) is 10.0 Å². The van der Waals surface area contributed by atoms with E-state index in [1.807, 2.05) is 0 Å². The largest absolute Gasteiger partial charge is 0.416 e. The molecule has 1 unspecified atom stereocenters. The second-order valence-electron chi connectivity index (χ2n) is 6.47. The molecule has 0 aliphatic heterocycles. The van der Waals surface area contributed by atoms with Crippen molar-refractivity contribution in [2.24, 2.45) is 7.05 Å². The van der Waals surface area contributed by atoms with Crippen molar-refractivity contribution >= 4 is 30.8 Å². The summed E-state index contributed by atoms with van der Waals surface area (Å²) in [7, 11) is 1.79. The SMILES string of the molecule is CN(CP)S(=O)(=O)c1ccc(Nc2cc(C(F)(F)F)ccn2)c(-c2cn(C)cn2)c1. The van der Waals surface area contributed by atoms with Crippen molar-refractivity contribution in [1.29, 1.82) is 0 Å². The van der Waals surface area contributed by atoms with Crippen LogP contribution in [0.3, 0.4) is 0 Å². The number of anilines is 2. The third kappa shape index (κ3) is 4.63. The molecule has 1 atom stereocenters. The van der Waals surface area contributed by atoms with Crippen molar-refractivity contribution < 1.29 is 21.6 Å². The summed E-state index contributed by atoms with van der Waals surface area (Å²) in [5.41, 5.74) is 0.388. The second kappa shape index (κ2) is 8.33. The van der Waals surface area contributed by atoms with Crippen molar-refractivity contribution in [3.8, 4) is 11.3 Å². The van der Waals surface area contributed by atoms with Crippen molar-refractivity contribution in [3.63, 3.8) is 0 Å². The smallest absolute Gasteiger partial charge is 0.340 e. The number of imidazole rings is 1. The molecule has 1 N–H and O–H groups in total. The first-order chi connectivity index (χ1) is 14.0. The molecule has 0 saturated carbocycles. The van der Waals surface area contributed by atoms with Gasteiger partial charge in [-0.3, -0.25) is 0 Å². The molecule has 1 aromatic carbocycles. The van der Waals surface area contributed by atoms with Crippen LogP contribution in [-0.4, -0.2) is 40.6 Å². The number of alkyl halides is 3. The van der Waals surface area contributed by atoms with Crippen LogP contribution in [0.15, 0.2) is 53.9 Å². The predicted molar refractivity (Wildman–Crippen MR) is 111 cm³/mol. The number of nitrogens with one attached hydrogen (secondary N) is 1. The molecule has 0 spiro atoms. The van der Waals surface area contributed by atoms with Gasteiger partial charge < -0.3 is 9.88 Å². The Morgan fingerprint density at radius 3 is 2.53 bits per heavy atom. The van der Waals surface area contributed by atoms with Crippen LogP contribution in [0.4, 0.5) is 24.7 Å². The van der Waals surface area contributed by atoms with Gasteiger partial charge in [0, 0.05) is 44.0 Å². The highest BCUT2D eigenvalue weighted by Gasteiger charge is 2.31. The quantitative estimate of drug-likeness (QED) is 0.571. The van der Waals surface area contributed by atoms with E-state index in [2.05, 4.69) is 24.5 Å². The van der Waals surface area contributed by atoms with E-state index < -0.39 is 21.8 Å². The van der Waals surface area contributed by atoms with E-state index in [9.17, 15) is 21.6 Å². The number of halogens is 3. The Balaban J connectivity index is 2.09. The molecule has 12 heteroatoms. The second-order valence-corrected chi connectivity index (χ2v) is 8.88. The first-order valence-electron chi connectivity index (χ1n) is 8.61. The summed E-state index contributed by atoms with van der Waals surface area (Å²) in [5, 5.41) is 2.84. The van der Waals surface area contributed by atoms with Gasteiger partial charge in [-0.1, -0.05) is 0 Å². The highest BCUT2D eigenvalue weighted by atomic mass is 32.2. The van der Waals surface area contributed by atoms with Crippen LogP contribution in [0.5, 0.6) is 0 Å². The zero-order valence-corrected chi connectivity index (χ0v) is 18.0. The van der Waals surface area contributed by atoms with Crippen LogP contribution in [0, 0.1) is 0 Å². The molecular formula is C18H19F3N5O2PS. The van der Waals surface area contributed by atoms with E-state index in [1.165, 1.54) is 31.6 Å². The van der Waals surface area contributed by atoms with Crippen molar-refractivity contribution in [2.45, 2.75) is 11.1 Å². The minimum atomic E-state index is -4.51. The number of benzene rings is 1. The zero-order valence-electron chi connectivity index (χ0n) is 16.1. The Labute approximate surface area is 174 Å². The number of nitrogens with zero attached hydrogens (tertiary/aromatic N) is 4. The average molecular weight is 457 g/mol. The molecule has 3 rings (SSSR count). The van der Waals surface area contributed by atoms with E-state index >= 15 is 0 Å². The van der Waals surface area contributed by atoms with E-state index in [0.29, 0.717) is 16.9 Å². The molecule has 0 aliphatic carbocycles. The molecule has 0 aliphatic rings. The molecule has 3 aromatic rings. The lowest BCUT2D eigenvalue weighted by Crippen LogP contribution is -2.25. The fraction of sp³-hybridized carbons (Fsp3) is 0.222. The van der Waals surface area contributed by atoms with Gasteiger partial charge in [0.25, 0.3) is 0 Å². The van der Waals surface area contributed by atoms with Gasteiger partial charge in [-0.25, -0.2) is 18.4 Å². The van der Waals surface area contributed by atoms with Gasteiger partial charge in [0.05, 0.1) is 22.5 Å². The number of pyridine rings is 1. The van der Waals surface area contributed by atoms with Gasteiger partial charge in [-0.15, -0.1) is 9.24 Å². The molecule has 0 saturated heterocycles. The Hall–Kier alpha value is -2.49. The van der Waals surface area contributed by atoms with Gasteiger partial charge in [0.15, 0.2) is 0 Å². The summed E-state index contributed by atoms with van der Waals surface area (Å²) in [6.07, 6.45) is -0.0366. The van der Waals surface area contributed by atoms with E-state index in [0.717, 1.165) is 22.6 Å². The first kappa shape index (κ1) is 22.2. The summed E-state index contributed by atoms with van der Waals surface area (Å²) < 4.78 is 67.3. The Morgan fingerprint density at radius 2 is 1.93 bits per heavy atom. The molecule has 2 aromatic heterocycles. The number of hydrogen-bond donors (Lipinski definition) is 1. The Kier molecular flexibility index (Phi) is 6.16. The molecule has 30 heavy (non-hydrogen) atoms. The minimum absolute atomic E-state index is 0.0281. The molecular weight excluding hydrogens is 438 g/mol. The molecule has 0 fully saturated rings. The fourth-order valence-corrected chi connectivity index (χ4v) is 4.30. The fourth-order valence-electron chi connectivity index (χ4n) is 2.65. The zero-order chi connectivity index (χ0) is 22.1. The van der Waals surface area contributed by atoms with Crippen LogP contribution in [0.2, 0.25) is 0 Å². The van der Waals surface area contributed by atoms with Gasteiger partial charge >= 0.3 is 6.18 Å². The van der Waals surface area contributed by atoms with Crippen LogP contribution in [-0.2, 0) is 23.2 Å². The van der Waals surface area contributed by atoms with E-state index in [-0.39, 0.29) is 17.0 Å². The summed E-state index contributed by atoms with van der Waals surface area (Å²) in [6.45, 7) is 0. The average Bonchev–Trinajstić information content (AvgIpc) is 3.13. The highest BCUT2D eigenvalue weighted by Crippen LogP contribution is 2.34. The number of rotatable bonds is 6. The summed E-state index contributed by atoms with van der Waals surface area (Å²) in [5.74, 6) is -0.0281. The summed E-state index contributed by atoms with van der Waals surface area (Å²) in [4.78, 5) is 8.22. The lowest BCUT2D eigenvalue weighted by Gasteiger charge is -2.17. The maximum Gasteiger partial charge on any atom is 0.416 e. The molecule has 0 bridgehead atoms.